The molecule has 3 nitrogen and oxygen atoms in total. The Hall–Kier alpha value is -1.51. The molecule has 0 aromatic heterocycles. The Morgan fingerprint density at radius 3 is 2.58 bits per heavy atom. The first-order valence-electron chi connectivity index (χ1n) is 7.14. The summed E-state index contributed by atoms with van der Waals surface area (Å²) >= 11 is 0. The Balaban J connectivity index is 2.08. The Kier molecular flexibility index (Phi) is 4.13. The summed E-state index contributed by atoms with van der Waals surface area (Å²) in [7, 11) is 0. The zero-order valence-corrected chi connectivity index (χ0v) is 12.3. The number of anilines is 1. The molecule has 1 aromatic rings. The van der Waals surface area contributed by atoms with Crippen molar-refractivity contribution in [2.75, 3.05) is 11.9 Å². The van der Waals surface area contributed by atoms with Gasteiger partial charge in [0.1, 0.15) is 6.04 Å². The quantitative estimate of drug-likeness (QED) is 0.902. The largest absolute Gasteiger partial charge is 0.373 e. The summed E-state index contributed by atoms with van der Waals surface area (Å²) in [6, 6.07) is 8.33. The van der Waals surface area contributed by atoms with Crippen LogP contribution in [0.3, 0.4) is 0 Å². The third kappa shape index (κ3) is 3.09. The van der Waals surface area contributed by atoms with Gasteiger partial charge < -0.3 is 10.2 Å². The highest BCUT2D eigenvalue weighted by Crippen LogP contribution is 2.26. The lowest BCUT2D eigenvalue weighted by Gasteiger charge is -2.31. The van der Waals surface area contributed by atoms with Crippen LogP contribution >= 0.6 is 0 Å². The zero-order chi connectivity index (χ0) is 14.0. The smallest absolute Gasteiger partial charge is 0.245 e. The predicted molar refractivity (Wildman–Crippen MR) is 79.2 cm³/mol. The van der Waals surface area contributed by atoms with Crippen molar-refractivity contribution in [3.05, 3.63) is 29.8 Å². The molecule has 3 heteroatoms. The van der Waals surface area contributed by atoms with Crippen LogP contribution in [0.2, 0.25) is 0 Å². The molecule has 104 valence electrons. The number of nitrogens with zero attached hydrogens (tertiary/aromatic N) is 1. The maximum atomic E-state index is 12.7. The molecule has 1 aliphatic rings. The topological polar surface area (TPSA) is 32.3 Å². The summed E-state index contributed by atoms with van der Waals surface area (Å²) in [4.78, 5) is 14.6. The molecule has 1 aromatic carbocycles. The van der Waals surface area contributed by atoms with E-state index in [0.29, 0.717) is 5.92 Å². The van der Waals surface area contributed by atoms with Gasteiger partial charge in [0.2, 0.25) is 5.91 Å². The number of carbonyl (C=O) groups excluding carboxylic acids is 1. The molecular weight excluding hydrogens is 236 g/mol. The number of hydrogen-bond acceptors (Lipinski definition) is 2. The fraction of sp³-hybridized carbons (Fsp3) is 0.562. The molecule has 0 spiro atoms. The average Bonchev–Trinajstić information content (AvgIpc) is 2.78. The lowest BCUT2D eigenvalue weighted by molar-refractivity contribution is -0.134. The van der Waals surface area contributed by atoms with Gasteiger partial charge in [-0.3, -0.25) is 4.79 Å². The molecule has 1 N–H and O–H groups in total. The first-order chi connectivity index (χ1) is 8.99. The monoisotopic (exact) mass is 260 g/mol. The summed E-state index contributed by atoms with van der Waals surface area (Å²) in [6.07, 6.45) is 0.802. The minimum atomic E-state index is -0.0986. The molecule has 0 saturated carbocycles. The number of hydrogen-bond donors (Lipinski definition) is 1. The lowest BCUT2D eigenvalue weighted by Crippen LogP contribution is -2.47. The van der Waals surface area contributed by atoms with E-state index in [2.05, 4.69) is 39.1 Å². The van der Waals surface area contributed by atoms with Crippen molar-refractivity contribution in [1.29, 1.82) is 0 Å². The summed E-state index contributed by atoms with van der Waals surface area (Å²) in [5, 5.41) is 3.35. The van der Waals surface area contributed by atoms with Gasteiger partial charge in [0.25, 0.3) is 0 Å². The van der Waals surface area contributed by atoms with Crippen LogP contribution in [0.5, 0.6) is 0 Å². The molecule has 0 bridgehead atoms. The number of nitrogens with one attached hydrogen (secondary N) is 1. The maximum absolute atomic E-state index is 12.7. The lowest BCUT2D eigenvalue weighted by atomic mass is 10.1. The van der Waals surface area contributed by atoms with E-state index in [1.807, 2.05) is 23.1 Å². The van der Waals surface area contributed by atoms with E-state index in [1.54, 1.807) is 0 Å². The van der Waals surface area contributed by atoms with E-state index in [1.165, 1.54) is 5.56 Å². The summed E-state index contributed by atoms with van der Waals surface area (Å²) in [5.74, 6) is 0.718. The second-order valence-electron chi connectivity index (χ2n) is 6.04. The van der Waals surface area contributed by atoms with Crippen molar-refractivity contribution in [2.45, 2.75) is 46.2 Å². The molecule has 1 atom stereocenters. The third-order valence-corrected chi connectivity index (χ3v) is 3.54. The summed E-state index contributed by atoms with van der Waals surface area (Å²) in [5.41, 5.74) is 2.35. The van der Waals surface area contributed by atoms with Crippen molar-refractivity contribution in [1.82, 2.24) is 4.90 Å². The average molecular weight is 260 g/mol. The second-order valence-corrected chi connectivity index (χ2v) is 6.04. The Bertz CT molecular complexity index is 429. The van der Waals surface area contributed by atoms with Crippen molar-refractivity contribution < 1.29 is 4.79 Å². The Labute approximate surface area is 116 Å². The van der Waals surface area contributed by atoms with Gasteiger partial charge in [0, 0.05) is 24.7 Å². The normalized spacial score (nSPS) is 17.5. The van der Waals surface area contributed by atoms with Crippen LogP contribution < -0.4 is 5.32 Å². The SMILES string of the molecule is CC(C)CN(C(=O)C1Cc2ccccc2N1)C(C)C. The minimum Gasteiger partial charge on any atom is -0.373 e. The highest BCUT2D eigenvalue weighted by atomic mass is 16.2. The van der Waals surface area contributed by atoms with Gasteiger partial charge in [0.05, 0.1) is 0 Å². The molecule has 1 amide bonds. The number of rotatable bonds is 4. The number of carbonyl (C=O) groups is 1. The number of amides is 1. The van der Waals surface area contributed by atoms with Crippen LogP contribution in [0.15, 0.2) is 24.3 Å². The number of para-hydroxylation sites is 1. The summed E-state index contributed by atoms with van der Waals surface area (Å²) in [6.45, 7) is 9.30. The predicted octanol–water partition coefficient (Wildman–Crippen LogP) is 2.92. The molecule has 0 saturated heterocycles. The van der Waals surface area contributed by atoms with E-state index in [9.17, 15) is 4.79 Å². The molecular formula is C16H24N2O. The molecule has 0 radical (unpaired) electrons. The summed E-state index contributed by atoms with van der Waals surface area (Å²) < 4.78 is 0. The van der Waals surface area contributed by atoms with Gasteiger partial charge in [-0.25, -0.2) is 0 Å². The number of benzene rings is 1. The van der Waals surface area contributed by atoms with E-state index in [0.717, 1.165) is 18.7 Å². The van der Waals surface area contributed by atoms with E-state index >= 15 is 0 Å². The first kappa shape index (κ1) is 13.9. The van der Waals surface area contributed by atoms with E-state index < -0.39 is 0 Å². The molecule has 1 unspecified atom stereocenters. The maximum Gasteiger partial charge on any atom is 0.245 e. The fourth-order valence-corrected chi connectivity index (χ4v) is 2.60. The highest BCUT2D eigenvalue weighted by Gasteiger charge is 2.31. The fourth-order valence-electron chi connectivity index (χ4n) is 2.60. The van der Waals surface area contributed by atoms with Crippen molar-refractivity contribution in [3.8, 4) is 0 Å². The van der Waals surface area contributed by atoms with Gasteiger partial charge in [0.15, 0.2) is 0 Å². The van der Waals surface area contributed by atoms with Crippen LogP contribution in [0.25, 0.3) is 0 Å². The van der Waals surface area contributed by atoms with E-state index in [4.69, 9.17) is 0 Å². The van der Waals surface area contributed by atoms with Crippen LogP contribution in [0, 0.1) is 5.92 Å². The number of fused-ring (bicyclic) bond motifs is 1. The highest BCUT2D eigenvalue weighted by molar-refractivity contribution is 5.87. The van der Waals surface area contributed by atoms with Crippen LogP contribution in [0.4, 0.5) is 5.69 Å². The van der Waals surface area contributed by atoms with Gasteiger partial charge in [-0.05, 0) is 31.4 Å². The molecule has 1 aliphatic heterocycles. The van der Waals surface area contributed by atoms with Gasteiger partial charge in [-0.1, -0.05) is 32.0 Å². The molecule has 19 heavy (non-hydrogen) atoms. The van der Waals surface area contributed by atoms with E-state index in [-0.39, 0.29) is 18.0 Å². The Morgan fingerprint density at radius 1 is 1.32 bits per heavy atom. The van der Waals surface area contributed by atoms with Crippen LogP contribution in [-0.4, -0.2) is 29.4 Å². The van der Waals surface area contributed by atoms with Crippen LogP contribution in [0.1, 0.15) is 33.3 Å². The van der Waals surface area contributed by atoms with Gasteiger partial charge in [-0.15, -0.1) is 0 Å². The third-order valence-electron chi connectivity index (χ3n) is 3.54. The minimum absolute atomic E-state index is 0.0986. The molecule has 2 rings (SSSR count). The van der Waals surface area contributed by atoms with Crippen molar-refractivity contribution in [2.24, 2.45) is 5.92 Å². The van der Waals surface area contributed by atoms with Crippen molar-refractivity contribution in [3.63, 3.8) is 0 Å². The standard InChI is InChI=1S/C16H24N2O/c1-11(2)10-18(12(3)4)16(19)15-9-13-7-5-6-8-14(13)17-15/h5-8,11-12,15,17H,9-10H2,1-4H3. The molecule has 0 aliphatic carbocycles. The first-order valence-corrected chi connectivity index (χ1v) is 7.14. The molecule has 1 heterocycles. The zero-order valence-electron chi connectivity index (χ0n) is 12.3. The van der Waals surface area contributed by atoms with Gasteiger partial charge in [-0.2, -0.15) is 0 Å². The van der Waals surface area contributed by atoms with Crippen LogP contribution in [-0.2, 0) is 11.2 Å². The van der Waals surface area contributed by atoms with Crippen molar-refractivity contribution >= 4 is 11.6 Å². The Morgan fingerprint density at radius 2 is 2.00 bits per heavy atom. The second kappa shape index (κ2) is 5.64. The molecule has 0 fully saturated rings. The van der Waals surface area contributed by atoms with Gasteiger partial charge >= 0.3 is 0 Å².